The van der Waals surface area contributed by atoms with E-state index in [1.807, 2.05) is 30.5 Å². The third kappa shape index (κ3) is 2.79. The van der Waals surface area contributed by atoms with Gasteiger partial charge in [0.1, 0.15) is 11.6 Å². The number of aromatic amines is 1. The summed E-state index contributed by atoms with van der Waals surface area (Å²) in [7, 11) is 1.67. The van der Waals surface area contributed by atoms with Crippen LogP contribution in [0.1, 0.15) is 32.1 Å². The van der Waals surface area contributed by atoms with Crippen molar-refractivity contribution < 1.29 is 4.74 Å². The van der Waals surface area contributed by atoms with Gasteiger partial charge in [-0.25, -0.2) is 4.98 Å². The second kappa shape index (κ2) is 5.89. The average Bonchev–Trinajstić information content (AvgIpc) is 2.95. The van der Waals surface area contributed by atoms with E-state index in [1.54, 1.807) is 7.11 Å². The Kier molecular flexibility index (Phi) is 4.22. The number of benzene rings is 1. The van der Waals surface area contributed by atoms with E-state index in [1.165, 1.54) is 0 Å². The predicted molar refractivity (Wildman–Crippen MR) is 77.0 cm³/mol. The van der Waals surface area contributed by atoms with Crippen LogP contribution in [0.4, 0.5) is 0 Å². The van der Waals surface area contributed by atoms with E-state index in [0.717, 1.165) is 29.3 Å². The molecule has 2 aromatic rings. The van der Waals surface area contributed by atoms with Crippen molar-refractivity contribution in [1.29, 1.82) is 0 Å². The third-order valence-electron chi connectivity index (χ3n) is 3.57. The number of para-hydroxylation sites is 1. The zero-order valence-electron chi connectivity index (χ0n) is 11.7. The van der Waals surface area contributed by atoms with Crippen molar-refractivity contribution in [2.75, 3.05) is 7.11 Å². The van der Waals surface area contributed by atoms with Crippen LogP contribution in [-0.2, 0) is 0 Å². The van der Waals surface area contributed by atoms with Gasteiger partial charge >= 0.3 is 0 Å². The Morgan fingerprint density at radius 1 is 1.37 bits per heavy atom. The van der Waals surface area contributed by atoms with E-state index in [-0.39, 0.29) is 6.04 Å². The minimum atomic E-state index is -0.0616. The van der Waals surface area contributed by atoms with E-state index in [0.29, 0.717) is 5.92 Å². The molecule has 0 saturated heterocycles. The molecule has 2 unspecified atom stereocenters. The van der Waals surface area contributed by atoms with Gasteiger partial charge in [0.2, 0.25) is 0 Å². The van der Waals surface area contributed by atoms with Gasteiger partial charge in [0.25, 0.3) is 0 Å². The van der Waals surface area contributed by atoms with E-state index >= 15 is 0 Å². The van der Waals surface area contributed by atoms with E-state index < -0.39 is 0 Å². The molecule has 4 heteroatoms. The molecular formula is C15H21N3O. The van der Waals surface area contributed by atoms with Crippen LogP contribution in [0, 0.1) is 5.92 Å². The van der Waals surface area contributed by atoms with E-state index in [2.05, 4.69) is 23.8 Å². The number of hydrogen-bond donors (Lipinski definition) is 2. The number of methoxy groups -OCH3 is 1. The first-order valence-electron chi connectivity index (χ1n) is 6.61. The summed E-state index contributed by atoms with van der Waals surface area (Å²) in [4.78, 5) is 7.70. The lowest BCUT2D eigenvalue weighted by molar-refractivity contribution is 0.416. The summed E-state index contributed by atoms with van der Waals surface area (Å²) in [6.07, 6.45) is 2.85. The highest BCUT2D eigenvalue weighted by atomic mass is 16.5. The lowest BCUT2D eigenvalue weighted by Crippen LogP contribution is -2.19. The highest BCUT2D eigenvalue weighted by Gasteiger charge is 2.17. The van der Waals surface area contributed by atoms with Crippen molar-refractivity contribution in [3.05, 3.63) is 36.3 Å². The zero-order chi connectivity index (χ0) is 13.8. The number of rotatable bonds is 5. The number of nitrogens with two attached hydrogens (primary N) is 1. The summed E-state index contributed by atoms with van der Waals surface area (Å²) in [5.74, 6) is 2.06. The lowest BCUT2D eigenvalue weighted by atomic mass is 10.00. The van der Waals surface area contributed by atoms with Crippen molar-refractivity contribution in [1.82, 2.24) is 9.97 Å². The molecule has 0 radical (unpaired) electrons. The summed E-state index contributed by atoms with van der Waals surface area (Å²) in [5, 5.41) is 0. The SMILES string of the molecule is CCC(C)C(N)c1ncc(-c2ccccc2OC)[nH]1. The Morgan fingerprint density at radius 2 is 2.11 bits per heavy atom. The molecule has 4 nitrogen and oxygen atoms in total. The Balaban J connectivity index is 2.30. The van der Waals surface area contributed by atoms with Crippen LogP contribution < -0.4 is 10.5 Å². The topological polar surface area (TPSA) is 63.9 Å². The van der Waals surface area contributed by atoms with Crippen LogP contribution in [0.2, 0.25) is 0 Å². The summed E-state index contributed by atoms with van der Waals surface area (Å²) in [5.41, 5.74) is 8.12. The normalized spacial score (nSPS) is 14.1. The molecule has 0 aliphatic heterocycles. The van der Waals surface area contributed by atoms with Crippen LogP contribution in [-0.4, -0.2) is 17.1 Å². The molecular weight excluding hydrogens is 238 g/mol. The highest BCUT2D eigenvalue weighted by molar-refractivity contribution is 5.66. The summed E-state index contributed by atoms with van der Waals surface area (Å²) >= 11 is 0. The molecule has 0 spiro atoms. The summed E-state index contributed by atoms with van der Waals surface area (Å²) < 4.78 is 5.36. The fourth-order valence-electron chi connectivity index (χ4n) is 2.03. The minimum absolute atomic E-state index is 0.0616. The Hall–Kier alpha value is -1.81. The van der Waals surface area contributed by atoms with Gasteiger partial charge in [-0.3, -0.25) is 0 Å². The first-order chi connectivity index (χ1) is 9.17. The largest absolute Gasteiger partial charge is 0.496 e. The number of imidazole rings is 1. The van der Waals surface area contributed by atoms with Gasteiger partial charge in [-0.05, 0) is 18.1 Å². The zero-order valence-corrected chi connectivity index (χ0v) is 11.7. The van der Waals surface area contributed by atoms with Crippen molar-refractivity contribution in [2.45, 2.75) is 26.3 Å². The number of hydrogen-bond acceptors (Lipinski definition) is 3. The summed E-state index contributed by atoms with van der Waals surface area (Å²) in [6, 6.07) is 7.81. The van der Waals surface area contributed by atoms with Crippen molar-refractivity contribution >= 4 is 0 Å². The number of nitrogens with one attached hydrogen (secondary N) is 1. The van der Waals surface area contributed by atoms with E-state index in [4.69, 9.17) is 10.5 Å². The number of ether oxygens (including phenoxy) is 1. The van der Waals surface area contributed by atoms with E-state index in [9.17, 15) is 0 Å². The maximum atomic E-state index is 6.19. The number of H-pyrrole nitrogens is 1. The Bertz CT molecular complexity index is 536. The minimum Gasteiger partial charge on any atom is -0.496 e. The second-order valence-corrected chi connectivity index (χ2v) is 4.79. The molecule has 19 heavy (non-hydrogen) atoms. The number of nitrogens with zero attached hydrogens (tertiary/aromatic N) is 1. The molecule has 3 N–H and O–H groups in total. The fraction of sp³-hybridized carbons (Fsp3) is 0.400. The van der Waals surface area contributed by atoms with Crippen LogP contribution in [0.15, 0.2) is 30.5 Å². The first kappa shape index (κ1) is 13.6. The van der Waals surface area contributed by atoms with Crippen LogP contribution >= 0.6 is 0 Å². The van der Waals surface area contributed by atoms with Crippen molar-refractivity contribution in [3.8, 4) is 17.0 Å². The molecule has 1 aromatic carbocycles. The molecule has 102 valence electrons. The standard InChI is InChI=1S/C15H21N3O/c1-4-10(2)14(16)15-17-9-12(18-15)11-7-5-6-8-13(11)19-3/h5-10,14H,4,16H2,1-3H3,(H,17,18). The highest BCUT2D eigenvalue weighted by Crippen LogP contribution is 2.29. The molecule has 1 heterocycles. The van der Waals surface area contributed by atoms with Crippen molar-refractivity contribution in [2.24, 2.45) is 11.7 Å². The maximum absolute atomic E-state index is 6.19. The second-order valence-electron chi connectivity index (χ2n) is 4.79. The van der Waals surface area contributed by atoms with Gasteiger partial charge in [-0.1, -0.05) is 32.4 Å². The van der Waals surface area contributed by atoms with Crippen LogP contribution in [0.3, 0.4) is 0 Å². The van der Waals surface area contributed by atoms with Gasteiger partial charge in [0.15, 0.2) is 0 Å². The average molecular weight is 259 g/mol. The fourth-order valence-corrected chi connectivity index (χ4v) is 2.03. The maximum Gasteiger partial charge on any atom is 0.128 e. The molecule has 2 atom stereocenters. The Labute approximate surface area is 114 Å². The molecule has 0 fully saturated rings. The number of aromatic nitrogens is 2. The molecule has 1 aromatic heterocycles. The quantitative estimate of drug-likeness (QED) is 0.867. The summed E-state index contributed by atoms with van der Waals surface area (Å²) in [6.45, 7) is 4.27. The van der Waals surface area contributed by atoms with Gasteiger partial charge in [-0.15, -0.1) is 0 Å². The van der Waals surface area contributed by atoms with Gasteiger partial charge in [0, 0.05) is 5.56 Å². The third-order valence-corrected chi connectivity index (χ3v) is 3.57. The molecule has 0 bridgehead atoms. The predicted octanol–water partition coefficient (Wildman–Crippen LogP) is 3.13. The van der Waals surface area contributed by atoms with Crippen molar-refractivity contribution in [3.63, 3.8) is 0 Å². The van der Waals surface area contributed by atoms with Gasteiger partial charge in [-0.2, -0.15) is 0 Å². The lowest BCUT2D eigenvalue weighted by Gasteiger charge is -2.15. The molecule has 0 amide bonds. The van der Waals surface area contributed by atoms with Crippen LogP contribution in [0.5, 0.6) is 5.75 Å². The molecule has 0 aliphatic carbocycles. The smallest absolute Gasteiger partial charge is 0.128 e. The molecule has 2 rings (SSSR count). The molecule has 0 saturated carbocycles. The first-order valence-corrected chi connectivity index (χ1v) is 6.61. The monoisotopic (exact) mass is 259 g/mol. The van der Waals surface area contributed by atoms with Crippen LogP contribution in [0.25, 0.3) is 11.3 Å². The van der Waals surface area contributed by atoms with Gasteiger partial charge in [0.05, 0.1) is 25.0 Å². The van der Waals surface area contributed by atoms with Gasteiger partial charge < -0.3 is 15.5 Å². The molecule has 0 aliphatic rings. The Morgan fingerprint density at radius 3 is 2.79 bits per heavy atom.